The summed E-state index contributed by atoms with van der Waals surface area (Å²) < 4.78 is 4.19. The van der Waals surface area contributed by atoms with Gasteiger partial charge in [-0.15, -0.1) is 0 Å². The topological polar surface area (TPSA) is 76.7 Å². The molecule has 0 saturated carbocycles. The van der Waals surface area contributed by atoms with Crippen LogP contribution in [0.3, 0.4) is 0 Å². The number of hydrogen-bond acceptors (Lipinski definition) is 4. The molecule has 0 unspecified atom stereocenters. The maximum Gasteiger partial charge on any atom is 0.261 e. The summed E-state index contributed by atoms with van der Waals surface area (Å²) in [7, 11) is 0. The van der Waals surface area contributed by atoms with E-state index in [1.165, 1.54) is 6.92 Å². The summed E-state index contributed by atoms with van der Waals surface area (Å²) in [6.07, 6.45) is 2.76. The van der Waals surface area contributed by atoms with Crippen LogP contribution in [-0.2, 0) is 19.4 Å². The fourth-order valence-corrected chi connectivity index (χ4v) is 5.65. The van der Waals surface area contributed by atoms with Crippen LogP contribution in [0.5, 0.6) is 0 Å². The maximum atomic E-state index is 14.1. The molecular weight excluding hydrogens is 592 g/mol. The van der Waals surface area contributed by atoms with Crippen LogP contribution in [0.1, 0.15) is 50.0 Å². The van der Waals surface area contributed by atoms with Crippen LogP contribution in [0.25, 0.3) is 11.3 Å². The highest BCUT2D eigenvalue weighted by molar-refractivity contribution is 9.10. The molecule has 0 N–H and O–H groups in total. The van der Waals surface area contributed by atoms with Crippen LogP contribution in [0.15, 0.2) is 88.3 Å². The first kappa shape index (κ1) is 26.2. The molecule has 0 atom stereocenters. The van der Waals surface area contributed by atoms with E-state index >= 15 is 0 Å². The van der Waals surface area contributed by atoms with Gasteiger partial charge in [0.05, 0.1) is 29.1 Å². The summed E-state index contributed by atoms with van der Waals surface area (Å²) in [6.45, 7) is 2.15. The first-order valence-corrected chi connectivity index (χ1v) is 14.0. The van der Waals surface area contributed by atoms with E-state index in [1.54, 1.807) is 62.6 Å². The zero-order valence-electron chi connectivity index (χ0n) is 21.6. The molecule has 40 heavy (non-hydrogen) atoms. The standard InChI is InChI=1S/C31H24BrClN4O3/c1-19(38)21-7-10-24(11-8-21)36-29-23(15-20-5-3-2-4-6-20)17-34-37(29)28-18-35(14-13-25(28)31(36)40)30(39)22-9-12-26(32)27(33)16-22/h2-12,16-17H,13-15,18H2,1H3. The van der Waals surface area contributed by atoms with Crippen molar-refractivity contribution in [3.05, 3.63) is 132 Å². The number of carbonyl (C=O) groups excluding carboxylic acids is 2. The van der Waals surface area contributed by atoms with Crippen LogP contribution >= 0.6 is 27.5 Å². The quantitative estimate of drug-likeness (QED) is 0.231. The summed E-state index contributed by atoms with van der Waals surface area (Å²) in [4.78, 5) is 41.1. The molecule has 3 heterocycles. The van der Waals surface area contributed by atoms with Crippen LogP contribution in [0, 0.1) is 0 Å². The van der Waals surface area contributed by atoms with Crippen molar-refractivity contribution in [3.8, 4) is 5.69 Å². The van der Waals surface area contributed by atoms with Gasteiger partial charge < -0.3 is 4.90 Å². The van der Waals surface area contributed by atoms with Gasteiger partial charge in [-0.3, -0.25) is 19.0 Å². The summed E-state index contributed by atoms with van der Waals surface area (Å²) in [6, 6.07) is 22.2. The molecule has 0 radical (unpaired) electrons. The number of halogens is 2. The third-order valence-corrected chi connectivity index (χ3v) is 8.52. The van der Waals surface area contributed by atoms with Crippen LogP contribution in [0.4, 0.5) is 0 Å². The van der Waals surface area contributed by atoms with Crippen molar-refractivity contribution in [1.82, 2.24) is 19.1 Å². The number of Topliss-reactive ketones (excluding diaryl/α,β-unsaturated/α-hetero) is 1. The fourth-order valence-electron chi connectivity index (χ4n) is 5.22. The number of amides is 1. The van der Waals surface area contributed by atoms with E-state index in [0.717, 1.165) is 15.6 Å². The fraction of sp³-hybridized carbons (Fsp3) is 0.161. The molecule has 7 nitrogen and oxygen atoms in total. The molecule has 0 saturated heterocycles. The Bertz CT molecular complexity index is 1850. The van der Waals surface area contributed by atoms with E-state index in [1.807, 2.05) is 30.3 Å². The van der Waals surface area contributed by atoms with Crippen LogP contribution in [-0.4, -0.2) is 37.3 Å². The van der Waals surface area contributed by atoms with Crippen LogP contribution < -0.4 is 5.56 Å². The number of nitrogens with zero attached hydrogens (tertiary/aromatic N) is 4. The van der Waals surface area contributed by atoms with Gasteiger partial charge in [-0.1, -0.05) is 41.9 Å². The Hall–Kier alpha value is -4.01. The molecular formula is C31H24BrClN4O3. The zero-order chi connectivity index (χ0) is 28.0. The molecule has 5 aromatic rings. The Morgan fingerprint density at radius 3 is 2.42 bits per heavy atom. The van der Waals surface area contributed by atoms with Crippen molar-refractivity contribution in [2.45, 2.75) is 26.3 Å². The van der Waals surface area contributed by atoms with Gasteiger partial charge in [-0.2, -0.15) is 5.10 Å². The number of rotatable bonds is 5. The average Bonchev–Trinajstić information content (AvgIpc) is 3.38. The Morgan fingerprint density at radius 2 is 1.73 bits per heavy atom. The van der Waals surface area contributed by atoms with Crippen molar-refractivity contribution in [2.24, 2.45) is 0 Å². The van der Waals surface area contributed by atoms with Gasteiger partial charge >= 0.3 is 0 Å². The monoisotopic (exact) mass is 614 g/mol. The molecule has 0 bridgehead atoms. The molecule has 6 rings (SSSR count). The van der Waals surface area contributed by atoms with Crippen molar-refractivity contribution in [2.75, 3.05) is 6.54 Å². The normalized spacial score (nSPS) is 12.9. The number of aromatic nitrogens is 3. The van der Waals surface area contributed by atoms with Crippen molar-refractivity contribution >= 4 is 44.9 Å². The van der Waals surface area contributed by atoms with E-state index in [9.17, 15) is 14.4 Å². The summed E-state index contributed by atoms with van der Waals surface area (Å²) in [5.74, 6) is -0.200. The van der Waals surface area contributed by atoms with Gasteiger partial charge in [-0.05, 0) is 77.3 Å². The third-order valence-electron chi connectivity index (χ3n) is 7.29. The molecule has 0 spiro atoms. The first-order valence-electron chi connectivity index (χ1n) is 12.8. The van der Waals surface area contributed by atoms with Crippen LogP contribution in [0.2, 0.25) is 5.02 Å². The minimum Gasteiger partial charge on any atom is -0.332 e. The lowest BCUT2D eigenvalue weighted by Crippen LogP contribution is -2.41. The molecule has 3 aromatic carbocycles. The molecule has 0 aliphatic carbocycles. The molecule has 200 valence electrons. The van der Waals surface area contributed by atoms with E-state index in [-0.39, 0.29) is 23.8 Å². The number of benzene rings is 3. The molecule has 9 heteroatoms. The second-order valence-electron chi connectivity index (χ2n) is 9.84. The Morgan fingerprint density at radius 1 is 1.00 bits per heavy atom. The second-order valence-corrected chi connectivity index (χ2v) is 11.1. The minimum atomic E-state index is -0.158. The Labute approximate surface area is 243 Å². The van der Waals surface area contributed by atoms with Gasteiger partial charge in [0.15, 0.2) is 5.78 Å². The molecule has 1 amide bonds. The lowest BCUT2D eigenvalue weighted by Gasteiger charge is -2.30. The minimum absolute atomic E-state index is 0.0413. The number of hydrogen-bond donors (Lipinski definition) is 0. The predicted octanol–water partition coefficient (Wildman–Crippen LogP) is 5.89. The lowest BCUT2D eigenvalue weighted by molar-refractivity contribution is 0.0729. The summed E-state index contributed by atoms with van der Waals surface area (Å²) >= 11 is 9.63. The third kappa shape index (κ3) is 4.67. The zero-order valence-corrected chi connectivity index (χ0v) is 23.9. The van der Waals surface area contributed by atoms with Gasteiger partial charge in [-0.25, -0.2) is 4.52 Å². The Kier molecular flexibility index (Phi) is 6.90. The smallest absolute Gasteiger partial charge is 0.261 e. The summed E-state index contributed by atoms with van der Waals surface area (Å²) in [5.41, 5.74) is 5.49. The molecule has 0 fully saturated rings. The predicted molar refractivity (Wildman–Crippen MR) is 158 cm³/mol. The van der Waals surface area contributed by atoms with E-state index in [2.05, 4.69) is 15.9 Å². The Balaban J connectivity index is 1.49. The molecule has 2 aromatic heterocycles. The lowest BCUT2D eigenvalue weighted by atomic mass is 10.0. The molecule has 1 aliphatic rings. The van der Waals surface area contributed by atoms with Crippen molar-refractivity contribution < 1.29 is 9.59 Å². The highest BCUT2D eigenvalue weighted by Crippen LogP contribution is 2.27. The van der Waals surface area contributed by atoms with Crippen molar-refractivity contribution in [3.63, 3.8) is 0 Å². The van der Waals surface area contributed by atoms with Gasteiger partial charge in [0, 0.05) is 39.7 Å². The SMILES string of the molecule is CC(=O)c1ccc(-n2c(=O)c3c(n4ncc(Cc5ccccc5)c24)CN(C(=O)c2ccc(Br)c(Cl)c2)CC3)cc1. The number of ketones is 1. The maximum absolute atomic E-state index is 14.1. The highest BCUT2D eigenvalue weighted by atomic mass is 79.9. The number of carbonyl (C=O) groups is 2. The van der Waals surface area contributed by atoms with Gasteiger partial charge in [0.1, 0.15) is 5.65 Å². The van der Waals surface area contributed by atoms with E-state index in [0.29, 0.717) is 58.1 Å². The van der Waals surface area contributed by atoms with Gasteiger partial charge in [0.2, 0.25) is 0 Å². The van der Waals surface area contributed by atoms with E-state index in [4.69, 9.17) is 16.7 Å². The first-order chi connectivity index (χ1) is 19.3. The largest absolute Gasteiger partial charge is 0.332 e. The number of fused-ring (bicyclic) bond motifs is 3. The highest BCUT2D eigenvalue weighted by Gasteiger charge is 2.29. The second kappa shape index (κ2) is 10.5. The average molecular weight is 616 g/mol. The summed E-state index contributed by atoms with van der Waals surface area (Å²) in [5, 5.41) is 5.19. The molecule has 1 aliphatic heterocycles. The van der Waals surface area contributed by atoms with E-state index < -0.39 is 0 Å². The van der Waals surface area contributed by atoms with Gasteiger partial charge in [0.25, 0.3) is 11.5 Å². The van der Waals surface area contributed by atoms with Crippen molar-refractivity contribution in [1.29, 1.82) is 0 Å².